The number of carbonyl (C=O) groups excluding carboxylic acids is 1. The molecule has 1 amide bonds. The molecule has 0 spiro atoms. The molecule has 28 heavy (non-hydrogen) atoms. The van der Waals surface area contributed by atoms with Gasteiger partial charge in [0.25, 0.3) is 0 Å². The Morgan fingerprint density at radius 2 is 1.71 bits per heavy atom. The van der Waals surface area contributed by atoms with E-state index in [1.165, 1.54) is 5.56 Å². The Hall–Kier alpha value is -1.35. The Bertz CT molecular complexity index is 577. The lowest BCUT2D eigenvalue weighted by atomic mass is 10.2. The van der Waals surface area contributed by atoms with Crippen LogP contribution in [-0.2, 0) is 11.3 Å². The average molecular weight is 503 g/mol. The Morgan fingerprint density at radius 3 is 2.25 bits per heavy atom. The van der Waals surface area contributed by atoms with Crippen molar-refractivity contribution >= 4 is 35.8 Å². The fraction of sp³-hybridized carbons (Fsp3) is 0.619. The van der Waals surface area contributed by atoms with Crippen LogP contribution in [0.1, 0.15) is 33.3 Å². The molecule has 0 aromatic heterocycles. The van der Waals surface area contributed by atoms with Gasteiger partial charge in [-0.25, -0.2) is 0 Å². The van der Waals surface area contributed by atoms with Gasteiger partial charge >= 0.3 is 0 Å². The van der Waals surface area contributed by atoms with Crippen LogP contribution < -0.4 is 5.32 Å². The van der Waals surface area contributed by atoms with E-state index in [0.717, 1.165) is 32.1 Å². The summed E-state index contributed by atoms with van der Waals surface area (Å²) < 4.78 is 0. The summed E-state index contributed by atoms with van der Waals surface area (Å²) in [5.41, 5.74) is 1.30. The molecule has 6 nitrogen and oxygen atoms in total. The SMILES string of the molecule is CCNC(=NCC(C)N(C)Cc1ccccc1)N(C)CC(=O)N(CC)CC.I. The van der Waals surface area contributed by atoms with Gasteiger partial charge in [0, 0.05) is 39.3 Å². The third kappa shape index (κ3) is 9.23. The second-order valence-corrected chi connectivity index (χ2v) is 6.87. The molecule has 0 heterocycles. The first kappa shape index (κ1) is 26.6. The number of aliphatic imine (C=N–C) groups is 1. The highest BCUT2D eigenvalue weighted by atomic mass is 127. The van der Waals surface area contributed by atoms with Crippen LogP contribution >= 0.6 is 24.0 Å². The Morgan fingerprint density at radius 1 is 1.11 bits per heavy atom. The summed E-state index contributed by atoms with van der Waals surface area (Å²) in [5.74, 6) is 0.903. The summed E-state index contributed by atoms with van der Waals surface area (Å²) in [7, 11) is 4.04. The normalized spacial score (nSPS) is 12.3. The predicted octanol–water partition coefficient (Wildman–Crippen LogP) is 2.89. The Kier molecular flexibility index (Phi) is 13.9. The fourth-order valence-corrected chi connectivity index (χ4v) is 2.81. The van der Waals surface area contributed by atoms with Gasteiger partial charge in [0.15, 0.2) is 5.96 Å². The summed E-state index contributed by atoms with van der Waals surface area (Å²) in [6, 6.07) is 10.8. The number of nitrogens with one attached hydrogen (secondary N) is 1. The molecular formula is C21H38IN5O. The van der Waals surface area contributed by atoms with E-state index < -0.39 is 0 Å². The number of benzene rings is 1. The number of amides is 1. The maximum absolute atomic E-state index is 12.4. The Balaban J connectivity index is 0.00000729. The second kappa shape index (κ2) is 14.6. The first-order chi connectivity index (χ1) is 12.9. The molecule has 0 saturated carbocycles. The molecule has 1 N–H and O–H groups in total. The highest BCUT2D eigenvalue weighted by Gasteiger charge is 2.16. The van der Waals surface area contributed by atoms with E-state index in [1.807, 2.05) is 43.7 Å². The molecule has 7 heteroatoms. The van der Waals surface area contributed by atoms with E-state index in [4.69, 9.17) is 4.99 Å². The first-order valence-electron chi connectivity index (χ1n) is 9.94. The third-order valence-electron chi connectivity index (χ3n) is 4.72. The number of hydrogen-bond donors (Lipinski definition) is 1. The molecule has 1 unspecified atom stereocenters. The van der Waals surface area contributed by atoms with Crippen molar-refractivity contribution in [3.8, 4) is 0 Å². The average Bonchev–Trinajstić information content (AvgIpc) is 2.66. The smallest absolute Gasteiger partial charge is 0.242 e. The lowest BCUT2D eigenvalue weighted by molar-refractivity contribution is -0.131. The van der Waals surface area contributed by atoms with Crippen molar-refractivity contribution < 1.29 is 4.79 Å². The zero-order chi connectivity index (χ0) is 20.2. The lowest BCUT2D eigenvalue weighted by Gasteiger charge is -2.27. The van der Waals surface area contributed by atoms with Crippen LogP contribution in [0.4, 0.5) is 0 Å². The van der Waals surface area contributed by atoms with Gasteiger partial charge in [0.05, 0.1) is 13.1 Å². The van der Waals surface area contributed by atoms with Gasteiger partial charge in [-0.1, -0.05) is 30.3 Å². The van der Waals surface area contributed by atoms with E-state index in [-0.39, 0.29) is 29.9 Å². The molecule has 1 rings (SSSR count). The molecule has 1 aromatic carbocycles. The third-order valence-corrected chi connectivity index (χ3v) is 4.72. The van der Waals surface area contributed by atoms with Crippen LogP contribution in [0.2, 0.25) is 0 Å². The van der Waals surface area contributed by atoms with Crippen LogP contribution in [0.5, 0.6) is 0 Å². The maximum atomic E-state index is 12.4. The highest BCUT2D eigenvalue weighted by Crippen LogP contribution is 2.06. The van der Waals surface area contributed by atoms with Gasteiger partial charge in [0.1, 0.15) is 0 Å². The molecule has 1 atom stereocenters. The molecule has 0 saturated heterocycles. The van der Waals surface area contributed by atoms with E-state index in [0.29, 0.717) is 19.1 Å². The van der Waals surface area contributed by atoms with Gasteiger partial charge in [-0.15, -0.1) is 24.0 Å². The molecular weight excluding hydrogens is 465 g/mol. The second-order valence-electron chi connectivity index (χ2n) is 6.87. The summed E-state index contributed by atoms with van der Waals surface area (Å²) in [4.78, 5) is 23.2. The number of carbonyl (C=O) groups is 1. The first-order valence-corrected chi connectivity index (χ1v) is 9.94. The van der Waals surface area contributed by atoms with E-state index in [1.54, 1.807) is 0 Å². The summed E-state index contributed by atoms with van der Waals surface area (Å²) in [6.07, 6.45) is 0. The molecule has 0 bridgehead atoms. The zero-order valence-electron chi connectivity index (χ0n) is 18.3. The maximum Gasteiger partial charge on any atom is 0.242 e. The van der Waals surface area contributed by atoms with Gasteiger partial charge in [0.2, 0.25) is 5.91 Å². The van der Waals surface area contributed by atoms with Crippen LogP contribution in [0.25, 0.3) is 0 Å². The number of halogens is 1. The van der Waals surface area contributed by atoms with Gasteiger partial charge in [-0.2, -0.15) is 0 Å². The molecule has 0 aliphatic heterocycles. The number of nitrogens with zero attached hydrogens (tertiary/aromatic N) is 4. The fourth-order valence-electron chi connectivity index (χ4n) is 2.81. The lowest BCUT2D eigenvalue weighted by Crippen LogP contribution is -2.46. The van der Waals surface area contributed by atoms with E-state index in [9.17, 15) is 4.79 Å². The summed E-state index contributed by atoms with van der Waals surface area (Å²) >= 11 is 0. The molecule has 0 fully saturated rings. The molecule has 0 aliphatic rings. The number of likely N-dealkylation sites (N-methyl/N-ethyl adjacent to an activating group) is 3. The van der Waals surface area contributed by atoms with Crippen molar-refractivity contribution in [1.82, 2.24) is 20.0 Å². The van der Waals surface area contributed by atoms with Gasteiger partial charge in [-0.05, 0) is 40.3 Å². The standard InChI is InChI=1S/C21H37N5O.HI/c1-7-22-21(25(6)17-20(27)26(8-2)9-3)23-15-18(4)24(5)16-19-13-11-10-12-14-19;/h10-14,18H,7-9,15-17H2,1-6H3,(H,22,23);1H. The molecule has 160 valence electrons. The van der Waals surface area contributed by atoms with Crippen molar-refractivity contribution in [3.05, 3.63) is 35.9 Å². The van der Waals surface area contributed by atoms with E-state index >= 15 is 0 Å². The topological polar surface area (TPSA) is 51.2 Å². The molecule has 0 aliphatic carbocycles. The number of guanidine groups is 1. The molecule has 0 radical (unpaired) electrons. The van der Waals surface area contributed by atoms with Crippen LogP contribution in [0.3, 0.4) is 0 Å². The minimum absolute atomic E-state index is 0. The minimum Gasteiger partial charge on any atom is -0.357 e. The zero-order valence-corrected chi connectivity index (χ0v) is 20.6. The van der Waals surface area contributed by atoms with Crippen LogP contribution in [0, 0.1) is 0 Å². The highest BCUT2D eigenvalue weighted by molar-refractivity contribution is 14.0. The van der Waals surface area contributed by atoms with Gasteiger partial charge in [-0.3, -0.25) is 14.7 Å². The number of rotatable bonds is 10. The largest absolute Gasteiger partial charge is 0.357 e. The summed E-state index contributed by atoms with van der Waals surface area (Å²) in [6.45, 7) is 12.4. The van der Waals surface area contributed by atoms with Crippen molar-refractivity contribution in [2.24, 2.45) is 4.99 Å². The van der Waals surface area contributed by atoms with Gasteiger partial charge < -0.3 is 15.1 Å². The van der Waals surface area contributed by atoms with Crippen molar-refractivity contribution in [2.75, 3.05) is 46.8 Å². The minimum atomic E-state index is 0. The van der Waals surface area contributed by atoms with Crippen molar-refractivity contribution in [2.45, 2.75) is 40.3 Å². The summed E-state index contributed by atoms with van der Waals surface area (Å²) in [5, 5.41) is 3.29. The van der Waals surface area contributed by atoms with E-state index in [2.05, 4.69) is 48.5 Å². The van der Waals surface area contributed by atoms with Crippen LogP contribution in [-0.4, -0.2) is 79.4 Å². The van der Waals surface area contributed by atoms with Crippen molar-refractivity contribution in [1.29, 1.82) is 0 Å². The molecule has 1 aromatic rings. The van der Waals surface area contributed by atoms with Crippen molar-refractivity contribution in [3.63, 3.8) is 0 Å². The number of hydrogen-bond acceptors (Lipinski definition) is 3. The Labute approximate surface area is 188 Å². The quantitative estimate of drug-likeness (QED) is 0.303. The van der Waals surface area contributed by atoms with Crippen LogP contribution in [0.15, 0.2) is 35.3 Å². The monoisotopic (exact) mass is 503 g/mol. The predicted molar refractivity (Wildman–Crippen MR) is 129 cm³/mol.